The van der Waals surface area contributed by atoms with Crippen molar-refractivity contribution in [2.45, 2.75) is 0 Å². The Hall–Kier alpha value is -1.07. The van der Waals surface area contributed by atoms with Gasteiger partial charge in [0.15, 0.2) is 11.1 Å². The van der Waals surface area contributed by atoms with Gasteiger partial charge in [-0.05, 0) is 24.3 Å². The second-order valence-electron chi connectivity index (χ2n) is 2.26. The van der Waals surface area contributed by atoms with Gasteiger partial charge in [-0.1, -0.05) is 0 Å². The van der Waals surface area contributed by atoms with E-state index < -0.39 is 11.1 Å². The first-order valence-electron chi connectivity index (χ1n) is 3.35. The van der Waals surface area contributed by atoms with Crippen LogP contribution in [-0.2, 0) is 11.1 Å². The van der Waals surface area contributed by atoms with Gasteiger partial charge >= 0.3 is 0 Å². The second-order valence-corrected chi connectivity index (χ2v) is 3.20. The van der Waals surface area contributed by atoms with Crippen LogP contribution in [0, 0.1) is 0 Å². The molecule has 66 valence electrons. The quantitative estimate of drug-likeness (QED) is 0.483. The van der Waals surface area contributed by atoms with Crippen LogP contribution in [0.2, 0.25) is 0 Å². The monoisotopic (exact) mass is 186 g/mol. The number of hydrogen-bond donors (Lipinski definition) is 3. The van der Waals surface area contributed by atoms with Crippen molar-refractivity contribution in [3.63, 3.8) is 0 Å². The van der Waals surface area contributed by atoms with Crippen LogP contribution in [0.3, 0.4) is 0 Å². The molecule has 0 radical (unpaired) electrons. The van der Waals surface area contributed by atoms with Crippen LogP contribution < -0.4 is 11.1 Å². The van der Waals surface area contributed by atoms with E-state index in [1.54, 1.807) is 24.3 Å². The summed E-state index contributed by atoms with van der Waals surface area (Å²) in [7, 11) is 0. The Morgan fingerprint density at radius 3 is 2.50 bits per heavy atom. The van der Waals surface area contributed by atoms with Gasteiger partial charge in [0.25, 0.3) is 0 Å². The molecule has 0 aliphatic rings. The highest BCUT2D eigenvalue weighted by atomic mass is 32.2. The molecule has 1 aromatic carbocycles. The first-order valence-corrected chi connectivity index (χ1v) is 4.63. The Bertz CT molecular complexity index is 273. The summed E-state index contributed by atoms with van der Waals surface area (Å²) >= 11 is -1.81. The molecule has 1 unspecified atom stereocenters. The third kappa shape index (κ3) is 2.89. The summed E-state index contributed by atoms with van der Waals surface area (Å²) in [5.41, 5.74) is 6.90. The largest absolute Gasteiger partial charge is 0.399 e. The summed E-state index contributed by atoms with van der Waals surface area (Å²) in [5.74, 6) is 0.0317. The maximum Gasteiger partial charge on any atom is 0.172 e. The highest BCUT2D eigenvalue weighted by molar-refractivity contribution is 7.79. The van der Waals surface area contributed by atoms with Gasteiger partial charge in [-0.25, -0.2) is 4.21 Å². The normalized spacial score (nSPS) is 12.4. The number of nitrogens with two attached hydrogens (primary N) is 1. The summed E-state index contributed by atoms with van der Waals surface area (Å²) in [6.07, 6.45) is 0. The number of rotatable bonds is 3. The maximum atomic E-state index is 10.3. The van der Waals surface area contributed by atoms with E-state index in [4.69, 9.17) is 10.3 Å². The third-order valence-corrected chi connectivity index (χ3v) is 1.70. The molecule has 1 atom stereocenters. The summed E-state index contributed by atoms with van der Waals surface area (Å²) < 4.78 is 18.7. The molecule has 5 heteroatoms. The molecular weight excluding hydrogens is 176 g/mol. The van der Waals surface area contributed by atoms with E-state index >= 15 is 0 Å². The van der Waals surface area contributed by atoms with Crippen molar-refractivity contribution >= 4 is 22.5 Å². The average molecular weight is 186 g/mol. The molecule has 0 aliphatic heterocycles. The third-order valence-electron chi connectivity index (χ3n) is 1.31. The number of nitrogen functional groups attached to an aromatic ring is 1. The van der Waals surface area contributed by atoms with Crippen molar-refractivity contribution in [3.05, 3.63) is 24.3 Å². The molecule has 0 fully saturated rings. The molecule has 0 saturated heterocycles. The lowest BCUT2D eigenvalue weighted by molar-refractivity contribution is 0.566. The van der Waals surface area contributed by atoms with E-state index in [0.29, 0.717) is 5.69 Å². The minimum atomic E-state index is -1.81. The highest BCUT2D eigenvalue weighted by Gasteiger charge is 1.93. The molecule has 0 heterocycles. The molecule has 0 bridgehead atoms. The number of anilines is 2. The van der Waals surface area contributed by atoms with Gasteiger partial charge in [0, 0.05) is 11.4 Å². The van der Waals surface area contributed by atoms with Gasteiger partial charge in [0.2, 0.25) is 0 Å². The summed E-state index contributed by atoms with van der Waals surface area (Å²) in [4.78, 5) is 0. The minimum absolute atomic E-state index is 0.0317. The Labute approximate surface area is 73.1 Å². The van der Waals surface area contributed by atoms with Gasteiger partial charge in [0.1, 0.15) is 5.88 Å². The number of nitrogens with one attached hydrogen (secondary N) is 1. The number of hydrogen-bond acceptors (Lipinski definition) is 3. The van der Waals surface area contributed by atoms with Crippen LogP contribution in [0.1, 0.15) is 0 Å². The zero-order valence-corrected chi connectivity index (χ0v) is 7.17. The fourth-order valence-corrected chi connectivity index (χ4v) is 1.04. The van der Waals surface area contributed by atoms with Gasteiger partial charge in [-0.15, -0.1) is 0 Å². The van der Waals surface area contributed by atoms with E-state index in [1.165, 1.54) is 0 Å². The van der Waals surface area contributed by atoms with Crippen molar-refractivity contribution in [2.24, 2.45) is 0 Å². The van der Waals surface area contributed by atoms with E-state index in [2.05, 4.69) is 5.32 Å². The Balaban J connectivity index is 2.53. The molecule has 12 heavy (non-hydrogen) atoms. The molecule has 0 aliphatic carbocycles. The molecule has 4 nitrogen and oxygen atoms in total. The fraction of sp³-hybridized carbons (Fsp3) is 0.143. The maximum absolute atomic E-state index is 10.3. The molecule has 1 rings (SSSR count). The Morgan fingerprint density at radius 2 is 2.00 bits per heavy atom. The first-order chi connectivity index (χ1) is 5.68. The van der Waals surface area contributed by atoms with Crippen molar-refractivity contribution < 1.29 is 8.76 Å². The first kappa shape index (κ1) is 9.02. The van der Waals surface area contributed by atoms with Gasteiger partial charge in [-0.2, -0.15) is 0 Å². The van der Waals surface area contributed by atoms with Gasteiger partial charge in [0.05, 0.1) is 0 Å². The van der Waals surface area contributed by atoms with Gasteiger partial charge in [-0.3, -0.25) is 0 Å². The molecule has 0 spiro atoms. The zero-order valence-electron chi connectivity index (χ0n) is 6.36. The fourth-order valence-electron chi connectivity index (χ4n) is 0.746. The standard InChI is InChI=1S/C7H10N2O2S/c8-6-1-3-7(4-2-6)9-5-12(10)11/h1-4,9H,5,8H2,(H,10,11). The van der Waals surface area contributed by atoms with E-state index in [0.717, 1.165) is 5.69 Å². The van der Waals surface area contributed by atoms with Crippen LogP contribution in [0.15, 0.2) is 24.3 Å². The van der Waals surface area contributed by atoms with Crippen LogP contribution in [0.25, 0.3) is 0 Å². The van der Waals surface area contributed by atoms with Crippen molar-refractivity contribution in [1.29, 1.82) is 0 Å². The minimum Gasteiger partial charge on any atom is -0.399 e. The topological polar surface area (TPSA) is 75.3 Å². The molecule has 4 N–H and O–H groups in total. The summed E-state index contributed by atoms with van der Waals surface area (Å²) in [5, 5.41) is 2.77. The predicted molar refractivity (Wildman–Crippen MR) is 50.1 cm³/mol. The average Bonchev–Trinajstić information content (AvgIpc) is 2.03. The van der Waals surface area contributed by atoms with Crippen LogP contribution >= 0.6 is 0 Å². The SMILES string of the molecule is Nc1ccc(NCS(=O)O)cc1. The van der Waals surface area contributed by atoms with Crippen molar-refractivity contribution in [1.82, 2.24) is 0 Å². The Morgan fingerprint density at radius 1 is 1.42 bits per heavy atom. The lowest BCUT2D eigenvalue weighted by Crippen LogP contribution is -2.06. The summed E-state index contributed by atoms with van der Waals surface area (Å²) in [6.45, 7) is 0. The second kappa shape index (κ2) is 4.08. The van der Waals surface area contributed by atoms with E-state index in [9.17, 15) is 4.21 Å². The van der Waals surface area contributed by atoms with Crippen molar-refractivity contribution in [2.75, 3.05) is 16.9 Å². The molecule has 0 saturated carbocycles. The lowest BCUT2D eigenvalue weighted by Gasteiger charge is -2.02. The van der Waals surface area contributed by atoms with E-state index in [-0.39, 0.29) is 5.88 Å². The summed E-state index contributed by atoms with van der Waals surface area (Å²) in [6, 6.07) is 6.95. The molecular formula is C7H10N2O2S. The smallest absolute Gasteiger partial charge is 0.172 e. The Kier molecular flexibility index (Phi) is 3.07. The lowest BCUT2D eigenvalue weighted by atomic mass is 10.3. The molecule has 0 aromatic heterocycles. The van der Waals surface area contributed by atoms with Crippen molar-refractivity contribution in [3.8, 4) is 0 Å². The zero-order chi connectivity index (χ0) is 8.97. The van der Waals surface area contributed by atoms with Crippen LogP contribution in [0.4, 0.5) is 11.4 Å². The molecule has 1 aromatic rings. The van der Waals surface area contributed by atoms with Crippen LogP contribution in [-0.4, -0.2) is 14.6 Å². The van der Waals surface area contributed by atoms with Gasteiger partial charge < -0.3 is 15.6 Å². The molecule has 0 amide bonds. The number of benzene rings is 1. The predicted octanol–water partition coefficient (Wildman–Crippen LogP) is 0.860. The highest BCUT2D eigenvalue weighted by Crippen LogP contribution is 2.09. The van der Waals surface area contributed by atoms with Crippen LogP contribution in [0.5, 0.6) is 0 Å². The van der Waals surface area contributed by atoms with E-state index in [1.807, 2.05) is 0 Å².